The third-order valence-electron chi connectivity index (χ3n) is 4.87. The minimum atomic E-state index is -0.257. The van der Waals surface area contributed by atoms with Crippen LogP contribution in [0.4, 0.5) is 0 Å². The van der Waals surface area contributed by atoms with Crippen LogP contribution in [0.3, 0.4) is 0 Å². The molecule has 0 aromatic heterocycles. The molecular formula is C15H28O2. The van der Waals surface area contributed by atoms with Gasteiger partial charge in [0.05, 0.1) is 12.2 Å². The Labute approximate surface area is 105 Å². The molecular weight excluding hydrogens is 212 g/mol. The molecule has 0 spiro atoms. The molecule has 17 heavy (non-hydrogen) atoms. The zero-order chi connectivity index (χ0) is 12.1. The standard InChI is InChI=1S/C15H28O2/c16-14(12-7-3-1-4-8-12)11-15(17)13-9-5-2-6-10-13/h12-17H,1-11H2. The molecule has 2 unspecified atom stereocenters. The van der Waals surface area contributed by atoms with Crippen LogP contribution in [-0.2, 0) is 0 Å². The van der Waals surface area contributed by atoms with Crippen molar-refractivity contribution in [3.05, 3.63) is 0 Å². The Balaban J connectivity index is 1.74. The van der Waals surface area contributed by atoms with Gasteiger partial charge in [-0.1, -0.05) is 38.5 Å². The smallest absolute Gasteiger partial charge is 0.0593 e. The molecule has 0 saturated heterocycles. The molecule has 2 atom stereocenters. The van der Waals surface area contributed by atoms with Crippen molar-refractivity contribution in [3.63, 3.8) is 0 Å². The van der Waals surface area contributed by atoms with Crippen molar-refractivity contribution in [3.8, 4) is 0 Å². The lowest BCUT2D eigenvalue weighted by Crippen LogP contribution is -2.32. The Morgan fingerprint density at radius 1 is 0.647 bits per heavy atom. The third kappa shape index (κ3) is 3.96. The minimum Gasteiger partial charge on any atom is -0.393 e. The van der Waals surface area contributed by atoms with Crippen LogP contribution >= 0.6 is 0 Å². The van der Waals surface area contributed by atoms with E-state index in [-0.39, 0.29) is 12.2 Å². The first-order chi connectivity index (χ1) is 8.27. The molecule has 2 saturated carbocycles. The van der Waals surface area contributed by atoms with Crippen molar-refractivity contribution >= 4 is 0 Å². The molecule has 0 aliphatic heterocycles. The maximum absolute atomic E-state index is 10.2. The number of hydrogen-bond donors (Lipinski definition) is 2. The van der Waals surface area contributed by atoms with Gasteiger partial charge in [-0.25, -0.2) is 0 Å². The van der Waals surface area contributed by atoms with Crippen molar-refractivity contribution in [2.45, 2.75) is 82.8 Å². The largest absolute Gasteiger partial charge is 0.393 e. The second kappa shape index (κ2) is 6.75. The first-order valence-electron chi connectivity index (χ1n) is 7.63. The Morgan fingerprint density at radius 3 is 1.35 bits per heavy atom. The quantitative estimate of drug-likeness (QED) is 0.792. The normalized spacial score (nSPS) is 27.9. The molecule has 0 radical (unpaired) electrons. The molecule has 0 heterocycles. The van der Waals surface area contributed by atoms with Crippen LogP contribution in [0.2, 0.25) is 0 Å². The topological polar surface area (TPSA) is 40.5 Å². The minimum absolute atomic E-state index is 0.257. The Hall–Kier alpha value is -0.0800. The van der Waals surface area contributed by atoms with Crippen LogP contribution < -0.4 is 0 Å². The fourth-order valence-electron chi connectivity index (χ4n) is 3.67. The summed E-state index contributed by atoms with van der Waals surface area (Å²) in [5.74, 6) is 0.920. The summed E-state index contributed by atoms with van der Waals surface area (Å²) in [6, 6.07) is 0. The second-order valence-electron chi connectivity index (χ2n) is 6.17. The van der Waals surface area contributed by atoms with Crippen molar-refractivity contribution in [2.75, 3.05) is 0 Å². The van der Waals surface area contributed by atoms with E-state index in [0.29, 0.717) is 18.3 Å². The van der Waals surface area contributed by atoms with Gasteiger partial charge in [-0.15, -0.1) is 0 Å². The van der Waals surface area contributed by atoms with Gasteiger partial charge in [0.1, 0.15) is 0 Å². The van der Waals surface area contributed by atoms with Crippen LogP contribution in [0.25, 0.3) is 0 Å². The van der Waals surface area contributed by atoms with Gasteiger partial charge in [0.2, 0.25) is 0 Å². The fraction of sp³-hybridized carbons (Fsp3) is 1.00. The summed E-state index contributed by atoms with van der Waals surface area (Å²) in [5, 5.41) is 20.4. The van der Waals surface area contributed by atoms with Gasteiger partial charge in [-0.3, -0.25) is 0 Å². The number of hydrogen-bond acceptors (Lipinski definition) is 2. The summed E-state index contributed by atoms with van der Waals surface area (Å²) >= 11 is 0. The average molecular weight is 240 g/mol. The second-order valence-corrected chi connectivity index (χ2v) is 6.17. The van der Waals surface area contributed by atoms with Crippen molar-refractivity contribution < 1.29 is 10.2 Å². The lowest BCUT2D eigenvalue weighted by Gasteiger charge is -2.32. The molecule has 100 valence electrons. The zero-order valence-electron chi connectivity index (χ0n) is 11.0. The van der Waals surface area contributed by atoms with Crippen LogP contribution in [-0.4, -0.2) is 22.4 Å². The van der Waals surface area contributed by atoms with E-state index in [9.17, 15) is 10.2 Å². The predicted molar refractivity (Wildman–Crippen MR) is 69.8 cm³/mol. The van der Waals surface area contributed by atoms with Crippen LogP contribution in [0.5, 0.6) is 0 Å². The Morgan fingerprint density at radius 2 is 1.00 bits per heavy atom. The van der Waals surface area contributed by atoms with E-state index in [1.807, 2.05) is 0 Å². The number of rotatable bonds is 4. The lowest BCUT2D eigenvalue weighted by atomic mass is 9.79. The molecule has 2 N–H and O–H groups in total. The van der Waals surface area contributed by atoms with Crippen molar-refractivity contribution in [1.29, 1.82) is 0 Å². The molecule has 0 aromatic rings. The summed E-state index contributed by atoms with van der Waals surface area (Å²) in [4.78, 5) is 0. The summed E-state index contributed by atoms with van der Waals surface area (Å²) < 4.78 is 0. The summed E-state index contributed by atoms with van der Waals surface area (Å²) in [6.45, 7) is 0. The van der Waals surface area contributed by atoms with Gasteiger partial charge in [0, 0.05) is 0 Å². The number of aliphatic hydroxyl groups is 2. The van der Waals surface area contributed by atoms with Crippen LogP contribution in [0, 0.1) is 11.8 Å². The van der Waals surface area contributed by atoms with E-state index in [2.05, 4.69) is 0 Å². The van der Waals surface area contributed by atoms with Crippen molar-refractivity contribution in [2.24, 2.45) is 11.8 Å². The van der Waals surface area contributed by atoms with Gasteiger partial charge in [0.15, 0.2) is 0 Å². The van der Waals surface area contributed by atoms with E-state index in [1.54, 1.807) is 0 Å². The summed E-state index contributed by atoms with van der Waals surface area (Å²) in [6.07, 6.45) is 12.5. The summed E-state index contributed by atoms with van der Waals surface area (Å²) in [5.41, 5.74) is 0. The molecule has 2 nitrogen and oxygen atoms in total. The monoisotopic (exact) mass is 240 g/mol. The average Bonchev–Trinajstić information content (AvgIpc) is 2.40. The highest BCUT2D eigenvalue weighted by atomic mass is 16.3. The first-order valence-corrected chi connectivity index (χ1v) is 7.63. The molecule has 2 rings (SSSR count). The van der Waals surface area contributed by atoms with E-state index in [1.165, 1.54) is 64.2 Å². The molecule has 2 aliphatic carbocycles. The van der Waals surface area contributed by atoms with Gasteiger partial charge in [-0.2, -0.15) is 0 Å². The van der Waals surface area contributed by atoms with Crippen LogP contribution in [0.1, 0.15) is 70.6 Å². The molecule has 2 heteroatoms. The van der Waals surface area contributed by atoms with Gasteiger partial charge in [-0.05, 0) is 43.9 Å². The maximum atomic E-state index is 10.2. The zero-order valence-corrected chi connectivity index (χ0v) is 11.0. The van der Waals surface area contributed by atoms with E-state index in [4.69, 9.17) is 0 Å². The fourth-order valence-corrected chi connectivity index (χ4v) is 3.67. The highest BCUT2D eigenvalue weighted by Gasteiger charge is 2.28. The van der Waals surface area contributed by atoms with Gasteiger partial charge in [0.25, 0.3) is 0 Å². The molecule has 2 aliphatic rings. The summed E-state index contributed by atoms with van der Waals surface area (Å²) in [7, 11) is 0. The third-order valence-corrected chi connectivity index (χ3v) is 4.87. The van der Waals surface area contributed by atoms with Gasteiger partial charge >= 0.3 is 0 Å². The Bertz CT molecular complexity index is 183. The van der Waals surface area contributed by atoms with Crippen molar-refractivity contribution in [1.82, 2.24) is 0 Å². The first kappa shape index (κ1) is 13.4. The lowest BCUT2D eigenvalue weighted by molar-refractivity contribution is 0.000803. The highest BCUT2D eigenvalue weighted by molar-refractivity contribution is 4.80. The number of aliphatic hydroxyl groups excluding tert-OH is 2. The van der Waals surface area contributed by atoms with E-state index < -0.39 is 0 Å². The maximum Gasteiger partial charge on any atom is 0.0593 e. The van der Waals surface area contributed by atoms with E-state index in [0.717, 1.165) is 0 Å². The predicted octanol–water partition coefficient (Wildman–Crippen LogP) is 3.26. The van der Waals surface area contributed by atoms with Gasteiger partial charge < -0.3 is 10.2 Å². The highest BCUT2D eigenvalue weighted by Crippen LogP contribution is 2.32. The molecule has 2 fully saturated rings. The SMILES string of the molecule is OC(CC(O)C1CCCCC1)C1CCCCC1. The molecule has 0 bridgehead atoms. The van der Waals surface area contributed by atoms with Crippen LogP contribution in [0.15, 0.2) is 0 Å². The molecule has 0 aromatic carbocycles. The Kier molecular flexibility index (Phi) is 5.30. The molecule has 0 amide bonds. The van der Waals surface area contributed by atoms with E-state index >= 15 is 0 Å².